The highest BCUT2D eigenvalue weighted by molar-refractivity contribution is 6.71. The van der Waals surface area contributed by atoms with Gasteiger partial charge in [0, 0.05) is 60.6 Å². The Morgan fingerprint density at radius 2 is 2.02 bits per heavy atom. The van der Waals surface area contributed by atoms with Gasteiger partial charge >= 0.3 is 0 Å². The maximum atomic E-state index is 14.7. The van der Waals surface area contributed by atoms with Crippen molar-refractivity contribution in [2.75, 3.05) is 23.4 Å². The van der Waals surface area contributed by atoms with Gasteiger partial charge in [-0.05, 0) is 62.7 Å². The summed E-state index contributed by atoms with van der Waals surface area (Å²) in [5, 5.41) is 35.5. The molecule has 1 spiro atoms. The zero-order chi connectivity index (χ0) is 33.5. The molecule has 5 atom stereocenters. The minimum absolute atomic E-state index is 0.0418. The zero-order valence-electron chi connectivity index (χ0n) is 26.8. The fraction of sp³-hybridized carbons (Fsp3) is 0.500. The highest BCUT2D eigenvalue weighted by Crippen LogP contribution is 2.60. The van der Waals surface area contributed by atoms with Gasteiger partial charge in [-0.2, -0.15) is 0 Å². The molecule has 3 aliphatic rings. The molecular weight excluding hydrogens is 622 g/mol. The van der Waals surface area contributed by atoms with Crippen molar-refractivity contribution in [2.24, 2.45) is 5.92 Å². The van der Waals surface area contributed by atoms with E-state index in [1.807, 2.05) is 32.2 Å². The number of aryl methyl sites for hydroxylation is 1. The van der Waals surface area contributed by atoms with Gasteiger partial charge in [0.1, 0.15) is 0 Å². The van der Waals surface area contributed by atoms with E-state index in [0.717, 1.165) is 24.9 Å². The fourth-order valence-corrected chi connectivity index (χ4v) is 10.2. The molecule has 2 aromatic carbocycles. The summed E-state index contributed by atoms with van der Waals surface area (Å²) in [6.45, 7) is 6.92. The van der Waals surface area contributed by atoms with E-state index in [9.17, 15) is 29.6 Å². The summed E-state index contributed by atoms with van der Waals surface area (Å²) in [5.74, 6) is -0.898. The van der Waals surface area contributed by atoms with Crippen LogP contribution in [0.25, 0.3) is 0 Å². The first-order valence-corrected chi connectivity index (χ1v) is 19.1. The van der Waals surface area contributed by atoms with Crippen LogP contribution in [0.5, 0.6) is 0 Å². The van der Waals surface area contributed by atoms with E-state index in [4.69, 9.17) is 4.74 Å². The van der Waals surface area contributed by atoms with Gasteiger partial charge in [0.15, 0.2) is 13.9 Å². The summed E-state index contributed by atoms with van der Waals surface area (Å²) >= 11 is 0. The molecule has 2 fully saturated rings. The van der Waals surface area contributed by atoms with Crippen molar-refractivity contribution < 1.29 is 29.2 Å². The Balaban J connectivity index is 1.29. The predicted octanol–water partition coefficient (Wildman–Crippen LogP) is 2.85. The molecular formula is C32H41N7O7Si. The lowest BCUT2D eigenvalue weighted by atomic mass is 9.82. The van der Waals surface area contributed by atoms with Crippen LogP contribution in [0.2, 0.25) is 18.6 Å². The van der Waals surface area contributed by atoms with E-state index in [0.29, 0.717) is 42.0 Å². The summed E-state index contributed by atoms with van der Waals surface area (Å²) < 4.78 is 8.45. The van der Waals surface area contributed by atoms with Gasteiger partial charge in [0.05, 0.1) is 35.0 Å². The lowest BCUT2D eigenvalue weighted by Gasteiger charge is -2.32. The number of nitrogens with zero attached hydrogens (tertiary/aromatic N) is 5. The highest BCUT2D eigenvalue weighted by Gasteiger charge is 2.66. The Bertz CT molecular complexity index is 1650. The Hall–Kier alpha value is -4.02. The second kappa shape index (κ2) is 12.9. The lowest BCUT2D eigenvalue weighted by Crippen LogP contribution is -2.46. The number of carbonyl (C=O) groups excluding carboxylic acids is 2. The van der Waals surface area contributed by atoms with Crippen LogP contribution in [0.1, 0.15) is 43.0 Å². The molecule has 0 unspecified atom stereocenters. The summed E-state index contributed by atoms with van der Waals surface area (Å²) in [5.41, 5.74) is 1.02. The SMILES string of the molecule is C[C@H]1[C@H]([Si](C)(C)O)[C@@H](CCn2cc(CCO)nn2)O[C@]12C(=O)N(Cc1ccc(NC(=O)[C@H]3CCCN3)cc1)c1ccc([N+](=O)[O-])cc12. The standard InChI is InChI=1S/C32H41N7O7Si/c1-20-29(47(2,3)45)28(12-15-37-19-23(13-16-40)35-36-37)46-32(20)25-17-24(39(43)44)10-11-27(25)38(31(32)42)18-21-6-8-22(9-7-21)34-30(41)26-5-4-14-33-26/h6-11,17,19-20,26,28-29,33,40,45H,4-5,12-16,18H2,1-3H3,(H,34,41)/t20-,26+,28+,29-,32+/m0/s1. The first-order chi connectivity index (χ1) is 22.4. The number of aliphatic hydroxyl groups is 1. The van der Waals surface area contributed by atoms with E-state index in [1.54, 1.807) is 34.0 Å². The van der Waals surface area contributed by atoms with Gasteiger partial charge < -0.3 is 30.2 Å². The minimum Gasteiger partial charge on any atom is -0.432 e. The number of aliphatic hydroxyl groups excluding tert-OH is 1. The van der Waals surface area contributed by atoms with Crippen LogP contribution < -0.4 is 15.5 Å². The molecule has 3 aliphatic heterocycles. The van der Waals surface area contributed by atoms with Crippen LogP contribution in [-0.2, 0) is 39.4 Å². The lowest BCUT2D eigenvalue weighted by molar-refractivity contribution is -0.385. The van der Waals surface area contributed by atoms with E-state index in [-0.39, 0.29) is 42.2 Å². The number of carbonyl (C=O) groups is 2. The van der Waals surface area contributed by atoms with Gasteiger partial charge in [-0.3, -0.25) is 24.4 Å². The molecule has 6 rings (SSSR count). The third kappa shape index (κ3) is 6.21. The molecule has 250 valence electrons. The van der Waals surface area contributed by atoms with E-state index in [2.05, 4.69) is 20.9 Å². The van der Waals surface area contributed by atoms with Crippen LogP contribution >= 0.6 is 0 Å². The third-order valence-corrected chi connectivity index (χ3v) is 12.2. The van der Waals surface area contributed by atoms with Crippen molar-refractivity contribution in [2.45, 2.75) is 82.1 Å². The van der Waals surface area contributed by atoms with E-state index in [1.165, 1.54) is 12.1 Å². The van der Waals surface area contributed by atoms with Crippen molar-refractivity contribution in [1.82, 2.24) is 20.3 Å². The smallest absolute Gasteiger partial charge is 0.269 e. The quantitative estimate of drug-likeness (QED) is 0.135. The Morgan fingerprint density at radius 1 is 1.26 bits per heavy atom. The topological polar surface area (TPSA) is 185 Å². The molecule has 3 aromatic rings. The number of anilines is 2. The van der Waals surface area contributed by atoms with Crippen molar-refractivity contribution in [3.63, 3.8) is 0 Å². The normalized spacial score (nSPS) is 25.5. The summed E-state index contributed by atoms with van der Waals surface area (Å²) in [4.78, 5) is 51.8. The van der Waals surface area contributed by atoms with Gasteiger partial charge in [-0.15, -0.1) is 5.10 Å². The van der Waals surface area contributed by atoms with Crippen LogP contribution in [0, 0.1) is 16.0 Å². The monoisotopic (exact) mass is 663 g/mol. The maximum absolute atomic E-state index is 14.7. The molecule has 4 heterocycles. The van der Waals surface area contributed by atoms with Crippen molar-refractivity contribution >= 4 is 37.2 Å². The Kier molecular flexibility index (Phi) is 9.02. The number of nitro groups is 1. The summed E-state index contributed by atoms with van der Waals surface area (Å²) in [7, 11) is -2.95. The number of fused-ring (bicyclic) bond motifs is 2. The van der Waals surface area contributed by atoms with Crippen LogP contribution in [-0.4, -0.2) is 75.2 Å². The summed E-state index contributed by atoms with van der Waals surface area (Å²) in [6.07, 6.45) is 3.79. The molecule has 0 saturated carbocycles. The Labute approximate surface area is 273 Å². The number of benzene rings is 2. The average molecular weight is 664 g/mol. The van der Waals surface area contributed by atoms with Gasteiger partial charge in [-0.25, -0.2) is 0 Å². The molecule has 0 aliphatic carbocycles. The molecule has 14 nitrogen and oxygen atoms in total. The third-order valence-electron chi connectivity index (χ3n) is 9.71. The van der Waals surface area contributed by atoms with Gasteiger partial charge in [0.25, 0.3) is 11.6 Å². The molecule has 1 aromatic heterocycles. The number of hydrogen-bond donors (Lipinski definition) is 4. The molecule has 0 bridgehead atoms. The van der Waals surface area contributed by atoms with Crippen LogP contribution in [0.15, 0.2) is 48.7 Å². The van der Waals surface area contributed by atoms with Crippen molar-refractivity contribution in [3.8, 4) is 0 Å². The van der Waals surface area contributed by atoms with Gasteiger partial charge in [-0.1, -0.05) is 24.3 Å². The number of aromatic nitrogens is 3. The minimum atomic E-state index is -2.95. The number of nitrogens with one attached hydrogen (secondary N) is 2. The number of nitro benzene ring substituents is 1. The zero-order valence-corrected chi connectivity index (χ0v) is 27.8. The molecule has 2 saturated heterocycles. The second-order valence-corrected chi connectivity index (χ2v) is 17.3. The summed E-state index contributed by atoms with van der Waals surface area (Å²) in [6, 6.07) is 11.5. The van der Waals surface area contributed by atoms with Crippen molar-refractivity contribution in [3.05, 3.63) is 75.6 Å². The largest absolute Gasteiger partial charge is 0.432 e. The first-order valence-electron chi connectivity index (χ1n) is 16.1. The maximum Gasteiger partial charge on any atom is 0.269 e. The number of amides is 2. The molecule has 47 heavy (non-hydrogen) atoms. The van der Waals surface area contributed by atoms with Crippen LogP contribution in [0.4, 0.5) is 17.1 Å². The van der Waals surface area contributed by atoms with E-state index >= 15 is 0 Å². The highest BCUT2D eigenvalue weighted by atomic mass is 28.4. The number of ether oxygens (including phenoxy) is 1. The number of rotatable bonds is 11. The number of hydrogen-bond acceptors (Lipinski definition) is 10. The van der Waals surface area contributed by atoms with E-state index < -0.39 is 30.9 Å². The van der Waals surface area contributed by atoms with Gasteiger partial charge in [0.2, 0.25) is 5.91 Å². The average Bonchev–Trinajstić information content (AvgIpc) is 3.82. The fourth-order valence-electron chi connectivity index (χ4n) is 7.56. The predicted molar refractivity (Wildman–Crippen MR) is 175 cm³/mol. The van der Waals surface area contributed by atoms with Crippen molar-refractivity contribution in [1.29, 1.82) is 0 Å². The molecule has 0 radical (unpaired) electrons. The van der Waals surface area contributed by atoms with Crippen LogP contribution in [0.3, 0.4) is 0 Å². The molecule has 15 heteroatoms. The Morgan fingerprint density at radius 3 is 2.68 bits per heavy atom. The second-order valence-electron chi connectivity index (χ2n) is 13.3. The number of non-ortho nitro benzene ring substituents is 1. The first kappa shape index (κ1) is 32.9. The molecule has 4 N–H and O–H groups in total. The molecule has 2 amide bonds.